The molecular formula is C21H35NO3SSi. The maximum absolute atomic E-state index is 12.8. The van der Waals surface area contributed by atoms with Gasteiger partial charge >= 0.3 is 0 Å². The van der Waals surface area contributed by atoms with Gasteiger partial charge in [-0.3, -0.25) is 0 Å². The topological polar surface area (TPSA) is 55.4 Å². The molecule has 0 radical (unpaired) electrons. The molecule has 4 nitrogen and oxygen atoms in total. The van der Waals surface area contributed by atoms with E-state index in [2.05, 4.69) is 44.3 Å². The van der Waals surface area contributed by atoms with Gasteiger partial charge in [-0.25, -0.2) is 13.1 Å². The Balaban J connectivity index is 3.12. The minimum absolute atomic E-state index is 0.0598. The number of rotatable bonds is 8. The second-order valence-corrected chi connectivity index (χ2v) is 15.0. The van der Waals surface area contributed by atoms with E-state index in [1.54, 1.807) is 24.3 Å². The first-order valence-electron chi connectivity index (χ1n) is 9.45. The van der Waals surface area contributed by atoms with Crippen LogP contribution in [-0.2, 0) is 14.4 Å². The lowest BCUT2D eigenvalue weighted by Crippen LogP contribution is -2.46. The Morgan fingerprint density at radius 2 is 1.81 bits per heavy atom. The SMILES string of the molecule is CCC=C=C(C)[C@@H](CO[Si](C)(C)C(C)(C)C)NS(=O)(=O)c1ccc(C)cc1. The Kier molecular flexibility index (Phi) is 8.26. The smallest absolute Gasteiger partial charge is 0.241 e. The summed E-state index contributed by atoms with van der Waals surface area (Å²) >= 11 is 0. The van der Waals surface area contributed by atoms with Crippen LogP contribution in [-0.4, -0.2) is 29.4 Å². The molecule has 0 saturated heterocycles. The second-order valence-electron chi connectivity index (χ2n) is 8.50. The largest absolute Gasteiger partial charge is 0.415 e. The summed E-state index contributed by atoms with van der Waals surface area (Å²) < 4.78 is 34.8. The first-order chi connectivity index (χ1) is 12.3. The van der Waals surface area contributed by atoms with Crippen LogP contribution in [0.25, 0.3) is 0 Å². The zero-order valence-corrected chi connectivity index (χ0v) is 19.8. The molecule has 0 aromatic heterocycles. The van der Waals surface area contributed by atoms with Crippen LogP contribution in [0.3, 0.4) is 0 Å². The monoisotopic (exact) mass is 409 g/mol. The molecule has 1 atom stereocenters. The maximum Gasteiger partial charge on any atom is 0.241 e. The molecule has 6 heteroatoms. The van der Waals surface area contributed by atoms with Crippen molar-refractivity contribution in [3.63, 3.8) is 0 Å². The van der Waals surface area contributed by atoms with E-state index in [9.17, 15) is 8.42 Å². The van der Waals surface area contributed by atoms with E-state index in [0.717, 1.165) is 17.6 Å². The second kappa shape index (κ2) is 9.35. The fourth-order valence-corrected chi connectivity index (χ4v) is 4.36. The van der Waals surface area contributed by atoms with Gasteiger partial charge in [0.05, 0.1) is 17.5 Å². The minimum Gasteiger partial charge on any atom is -0.415 e. The van der Waals surface area contributed by atoms with Crippen LogP contribution in [0.15, 0.2) is 46.5 Å². The Morgan fingerprint density at radius 1 is 1.26 bits per heavy atom. The van der Waals surface area contributed by atoms with Crippen LogP contribution in [0.2, 0.25) is 18.1 Å². The molecule has 1 rings (SSSR count). The highest BCUT2D eigenvalue weighted by molar-refractivity contribution is 7.89. The molecule has 0 saturated carbocycles. The van der Waals surface area contributed by atoms with E-state index in [0.29, 0.717) is 6.61 Å². The number of nitrogens with one attached hydrogen (secondary N) is 1. The summed E-state index contributed by atoms with van der Waals surface area (Å²) in [7, 11) is -5.63. The lowest BCUT2D eigenvalue weighted by Gasteiger charge is -2.37. The van der Waals surface area contributed by atoms with E-state index < -0.39 is 24.4 Å². The molecule has 27 heavy (non-hydrogen) atoms. The van der Waals surface area contributed by atoms with Crippen molar-refractivity contribution in [2.45, 2.75) is 77.0 Å². The molecule has 0 heterocycles. The van der Waals surface area contributed by atoms with Gasteiger partial charge in [-0.05, 0) is 62.2 Å². The van der Waals surface area contributed by atoms with E-state index in [-0.39, 0.29) is 9.93 Å². The molecule has 0 amide bonds. The summed E-state index contributed by atoms with van der Waals surface area (Å²) in [5.74, 6) is 0. The van der Waals surface area contributed by atoms with Crippen molar-refractivity contribution in [2.24, 2.45) is 0 Å². The quantitative estimate of drug-likeness (QED) is 0.476. The summed E-state index contributed by atoms with van der Waals surface area (Å²) in [5, 5.41) is 0.0598. The van der Waals surface area contributed by atoms with E-state index >= 15 is 0 Å². The van der Waals surface area contributed by atoms with Crippen LogP contribution >= 0.6 is 0 Å². The van der Waals surface area contributed by atoms with Crippen molar-refractivity contribution in [1.82, 2.24) is 4.72 Å². The number of hydrogen-bond acceptors (Lipinski definition) is 3. The zero-order chi connectivity index (χ0) is 20.9. The molecule has 1 aromatic rings. The van der Waals surface area contributed by atoms with Crippen molar-refractivity contribution in [3.05, 3.63) is 47.2 Å². The summed E-state index contributed by atoms with van der Waals surface area (Å²) in [6.07, 6.45) is 2.76. The van der Waals surface area contributed by atoms with Gasteiger partial charge in [-0.15, -0.1) is 5.73 Å². The predicted octanol–water partition coefficient (Wildman–Crippen LogP) is 5.18. The molecule has 0 aliphatic carbocycles. The van der Waals surface area contributed by atoms with Gasteiger partial charge in [-0.2, -0.15) is 0 Å². The van der Waals surface area contributed by atoms with Gasteiger partial charge in [0.1, 0.15) is 0 Å². The molecule has 152 valence electrons. The molecule has 0 bridgehead atoms. The summed E-state index contributed by atoms with van der Waals surface area (Å²) in [6, 6.07) is 6.41. The summed E-state index contributed by atoms with van der Waals surface area (Å²) in [5.41, 5.74) is 5.04. The normalized spacial score (nSPS) is 13.8. The van der Waals surface area contributed by atoms with Crippen LogP contribution in [0.4, 0.5) is 0 Å². The lowest BCUT2D eigenvalue weighted by molar-refractivity contribution is 0.268. The standard InChI is InChI=1S/C21H35NO3SSi/c1-9-10-11-18(3)20(16-25-27(7,8)21(4,5)6)22-26(23,24)19-14-12-17(2)13-15-19/h10,12-15,20,22H,9,16H2,1-8H3/t11?,20-/m1/s1. The van der Waals surface area contributed by atoms with Gasteiger partial charge in [0.2, 0.25) is 10.0 Å². The molecule has 1 N–H and O–H groups in total. The van der Waals surface area contributed by atoms with Gasteiger partial charge < -0.3 is 4.43 Å². The van der Waals surface area contributed by atoms with Crippen LogP contribution in [0.1, 0.15) is 46.6 Å². The summed E-state index contributed by atoms with van der Waals surface area (Å²) in [4.78, 5) is 0.262. The highest BCUT2D eigenvalue weighted by Crippen LogP contribution is 2.36. The van der Waals surface area contributed by atoms with Gasteiger partial charge in [0.25, 0.3) is 0 Å². The van der Waals surface area contributed by atoms with Gasteiger partial charge in [0, 0.05) is 0 Å². The minimum atomic E-state index is -3.64. The molecule has 0 aliphatic rings. The van der Waals surface area contributed by atoms with E-state index in [4.69, 9.17) is 4.43 Å². The Labute approximate surface area is 166 Å². The lowest BCUT2D eigenvalue weighted by atomic mass is 10.1. The zero-order valence-electron chi connectivity index (χ0n) is 18.0. The number of aryl methyl sites for hydroxylation is 1. The first kappa shape index (κ1) is 23.9. The fraction of sp³-hybridized carbons (Fsp3) is 0.571. The third-order valence-corrected chi connectivity index (χ3v) is 11.1. The van der Waals surface area contributed by atoms with Crippen molar-refractivity contribution in [2.75, 3.05) is 6.61 Å². The molecule has 0 aliphatic heterocycles. The molecule has 0 spiro atoms. The third kappa shape index (κ3) is 7.05. The predicted molar refractivity (Wildman–Crippen MR) is 116 cm³/mol. The molecule has 1 aromatic carbocycles. The Morgan fingerprint density at radius 3 is 2.30 bits per heavy atom. The fourth-order valence-electron chi connectivity index (χ4n) is 2.09. The summed E-state index contributed by atoms with van der Waals surface area (Å²) in [6.45, 7) is 17.0. The van der Waals surface area contributed by atoms with Crippen LogP contribution in [0, 0.1) is 6.92 Å². The van der Waals surface area contributed by atoms with Crippen LogP contribution in [0.5, 0.6) is 0 Å². The molecule has 0 fully saturated rings. The van der Waals surface area contributed by atoms with Gasteiger partial charge in [0.15, 0.2) is 8.32 Å². The van der Waals surface area contributed by atoms with Gasteiger partial charge in [-0.1, -0.05) is 45.4 Å². The molecule has 0 unspecified atom stereocenters. The average Bonchev–Trinajstić information content (AvgIpc) is 2.55. The first-order valence-corrected chi connectivity index (χ1v) is 13.8. The van der Waals surface area contributed by atoms with Crippen LogP contribution < -0.4 is 4.72 Å². The van der Waals surface area contributed by atoms with E-state index in [1.807, 2.05) is 26.8 Å². The van der Waals surface area contributed by atoms with Crippen molar-refractivity contribution < 1.29 is 12.8 Å². The third-order valence-electron chi connectivity index (χ3n) is 5.10. The number of sulfonamides is 1. The van der Waals surface area contributed by atoms with Crippen molar-refractivity contribution >= 4 is 18.3 Å². The maximum atomic E-state index is 12.8. The van der Waals surface area contributed by atoms with Crippen molar-refractivity contribution in [3.8, 4) is 0 Å². The number of hydrogen-bond donors (Lipinski definition) is 1. The van der Waals surface area contributed by atoms with Crippen molar-refractivity contribution in [1.29, 1.82) is 0 Å². The Bertz CT molecular complexity index is 784. The highest BCUT2D eigenvalue weighted by Gasteiger charge is 2.38. The Hall–Kier alpha value is -1.17. The average molecular weight is 410 g/mol. The number of benzene rings is 1. The van der Waals surface area contributed by atoms with E-state index in [1.165, 1.54) is 0 Å². The molecular weight excluding hydrogens is 374 g/mol. The highest BCUT2D eigenvalue weighted by atomic mass is 32.2.